The van der Waals surface area contributed by atoms with Crippen LogP contribution in [-0.2, 0) is 20.7 Å². The molecule has 1 aromatic rings. The molecule has 1 aromatic heterocycles. The Balaban J connectivity index is 1.50. The van der Waals surface area contributed by atoms with Crippen molar-refractivity contribution in [1.29, 1.82) is 0 Å². The molecule has 2 fully saturated rings. The topological polar surface area (TPSA) is 54.9 Å². The molecular weight excluding hydrogens is 318 g/mol. The Kier molecular flexibility index (Phi) is 5.91. The SMILES string of the molecule is CCN(CC)c1cc(CCC(=O)N2CCC3(CC2)OCCO3)ccn1. The van der Waals surface area contributed by atoms with Crippen LogP contribution < -0.4 is 4.90 Å². The molecule has 0 aromatic carbocycles. The maximum atomic E-state index is 12.5. The normalized spacial score (nSPS) is 19.4. The standard InChI is InChI=1S/C19H29N3O3/c1-3-21(4-2)17-15-16(7-10-20-17)5-6-18(23)22-11-8-19(9-12-22)24-13-14-25-19/h7,10,15H,3-6,8-9,11-14H2,1-2H3. The summed E-state index contributed by atoms with van der Waals surface area (Å²) in [7, 11) is 0. The number of aryl methyl sites for hydroxylation is 1. The van der Waals surface area contributed by atoms with Crippen molar-refractivity contribution in [2.75, 3.05) is 44.3 Å². The highest BCUT2D eigenvalue weighted by Crippen LogP contribution is 2.31. The van der Waals surface area contributed by atoms with E-state index in [2.05, 4.69) is 29.8 Å². The fourth-order valence-electron chi connectivity index (χ4n) is 3.63. The van der Waals surface area contributed by atoms with Gasteiger partial charge in [0.05, 0.1) is 13.2 Å². The van der Waals surface area contributed by atoms with E-state index in [4.69, 9.17) is 9.47 Å². The summed E-state index contributed by atoms with van der Waals surface area (Å²) < 4.78 is 11.4. The summed E-state index contributed by atoms with van der Waals surface area (Å²) >= 11 is 0. The molecule has 6 heteroatoms. The van der Waals surface area contributed by atoms with Gasteiger partial charge in [0.1, 0.15) is 5.82 Å². The van der Waals surface area contributed by atoms with E-state index in [1.807, 2.05) is 17.2 Å². The van der Waals surface area contributed by atoms with Crippen LogP contribution >= 0.6 is 0 Å². The van der Waals surface area contributed by atoms with Gasteiger partial charge >= 0.3 is 0 Å². The van der Waals surface area contributed by atoms with Gasteiger partial charge in [-0.05, 0) is 38.0 Å². The van der Waals surface area contributed by atoms with Crippen molar-refractivity contribution in [2.45, 2.75) is 45.3 Å². The number of rotatable bonds is 6. The number of piperidine rings is 1. The van der Waals surface area contributed by atoms with Gasteiger partial charge in [-0.2, -0.15) is 0 Å². The fraction of sp³-hybridized carbons (Fsp3) is 0.684. The van der Waals surface area contributed by atoms with Gasteiger partial charge in [0.25, 0.3) is 0 Å². The number of aromatic nitrogens is 1. The van der Waals surface area contributed by atoms with Crippen LogP contribution in [0.3, 0.4) is 0 Å². The summed E-state index contributed by atoms with van der Waals surface area (Å²) in [6.07, 6.45) is 4.69. The number of hydrogen-bond acceptors (Lipinski definition) is 5. The monoisotopic (exact) mass is 347 g/mol. The Bertz CT molecular complexity index is 573. The molecular formula is C19H29N3O3. The van der Waals surface area contributed by atoms with Crippen LogP contribution in [0.1, 0.15) is 38.7 Å². The van der Waals surface area contributed by atoms with Crippen LogP contribution in [0, 0.1) is 0 Å². The molecule has 0 saturated carbocycles. The van der Waals surface area contributed by atoms with Crippen molar-refractivity contribution in [2.24, 2.45) is 0 Å². The summed E-state index contributed by atoms with van der Waals surface area (Å²) in [6, 6.07) is 4.11. The molecule has 1 amide bonds. The van der Waals surface area contributed by atoms with Gasteiger partial charge < -0.3 is 19.3 Å². The molecule has 2 aliphatic rings. The smallest absolute Gasteiger partial charge is 0.222 e. The molecule has 2 aliphatic heterocycles. The van der Waals surface area contributed by atoms with E-state index >= 15 is 0 Å². The first-order valence-electron chi connectivity index (χ1n) is 9.41. The minimum atomic E-state index is -0.416. The van der Waals surface area contributed by atoms with Gasteiger partial charge in [-0.3, -0.25) is 4.79 Å². The van der Waals surface area contributed by atoms with Crippen molar-refractivity contribution >= 4 is 11.7 Å². The molecule has 0 atom stereocenters. The summed E-state index contributed by atoms with van der Waals surface area (Å²) in [4.78, 5) is 21.1. The van der Waals surface area contributed by atoms with Crippen LogP contribution in [0.5, 0.6) is 0 Å². The summed E-state index contributed by atoms with van der Waals surface area (Å²) in [5.41, 5.74) is 1.17. The number of ether oxygens (including phenoxy) is 2. The van der Waals surface area contributed by atoms with Crippen molar-refractivity contribution in [1.82, 2.24) is 9.88 Å². The van der Waals surface area contributed by atoms with Gasteiger partial charge in [-0.1, -0.05) is 0 Å². The molecule has 0 N–H and O–H groups in total. The number of carbonyl (C=O) groups is 1. The molecule has 3 rings (SSSR count). The van der Waals surface area contributed by atoms with Crippen LogP contribution in [0.2, 0.25) is 0 Å². The molecule has 0 aliphatic carbocycles. The van der Waals surface area contributed by atoms with E-state index in [0.717, 1.165) is 51.3 Å². The number of nitrogens with zero attached hydrogens (tertiary/aromatic N) is 3. The third-order valence-corrected chi connectivity index (χ3v) is 5.22. The maximum absolute atomic E-state index is 12.5. The van der Waals surface area contributed by atoms with Gasteiger partial charge in [-0.15, -0.1) is 0 Å². The lowest BCUT2D eigenvalue weighted by atomic mass is 10.0. The predicted octanol–water partition coefficient (Wildman–Crippen LogP) is 2.23. The lowest BCUT2D eigenvalue weighted by Crippen LogP contribution is -2.47. The predicted molar refractivity (Wildman–Crippen MR) is 96.6 cm³/mol. The first kappa shape index (κ1) is 18.1. The highest BCUT2D eigenvalue weighted by atomic mass is 16.7. The van der Waals surface area contributed by atoms with Crippen LogP contribution in [0.15, 0.2) is 18.3 Å². The van der Waals surface area contributed by atoms with E-state index in [9.17, 15) is 4.79 Å². The van der Waals surface area contributed by atoms with Crippen LogP contribution in [0.25, 0.3) is 0 Å². The largest absolute Gasteiger partial charge is 0.357 e. The highest BCUT2D eigenvalue weighted by Gasteiger charge is 2.40. The minimum absolute atomic E-state index is 0.217. The molecule has 0 radical (unpaired) electrons. The Hall–Kier alpha value is -1.66. The Morgan fingerprint density at radius 1 is 1.24 bits per heavy atom. The fourth-order valence-corrected chi connectivity index (χ4v) is 3.63. The zero-order chi connectivity index (χ0) is 17.7. The second-order valence-corrected chi connectivity index (χ2v) is 6.68. The average Bonchev–Trinajstić information content (AvgIpc) is 3.10. The van der Waals surface area contributed by atoms with Crippen molar-refractivity contribution in [3.8, 4) is 0 Å². The molecule has 3 heterocycles. The average molecular weight is 347 g/mol. The number of hydrogen-bond donors (Lipinski definition) is 0. The second-order valence-electron chi connectivity index (χ2n) is 6.68. The van der Waals surface area contributed by atoms with Gasteiger partial charge in [-0.25, -0.2) is 4.98 Å². The first-order valence-corrected chi connectivity index (χ1v) is 9.41. The maximum Gasteiger partial charge on any atom is 0.222 e. The highest BCUT2D eigenvalue weighted by molar-refractivity contribution is 5.76. The van der Waals surface area contributed by atoms with E-state index in [1.165, 1.54) is 5.56 Å². The number of carbonyl (C=O) groups excluding carboxylic acids is 1. The summed E-state index contributed by atoms with van der Waals surface area (Å²) in [5, 5.41) is 0. The quantitative estimate of drug-likeness (QED) is 0.790. The van der Waals surface area contributed by atoms with Gasteiger partial charge in [0.2, 0.25) is 5.91 Å². The third-order valence-electron chi connectivity index (χ3n) is 5.22. The minimum Gasteiger partial charge on any atom is -0.357 e. The van der Waals surface area contributed by atoms with Gasteiger partial charge in [0, 0.05) is 51.6 Å². The number of pyridine rings is 1. The van der Waals surface area contributed by atoms with E-state index in [-0.39, 0.29) is 5.91 Å². The molecule has 25 heavy (non-hydrogen) atoms. The Labute approximate surface area is 150 Å². The summed E-state index contributed by atoms with van der Waals surface area (Å²) in [5.74, 6) is 0.792. The van der Waals surface area contributed by atoms with E-state index in [1.54, 1.807) is 0 Å². The zero-order valence-corrected chi connectivity index (χ0v) is 15.4. The number of anilines is 1. The van der Waals surface area contributed by atoms with Gasteiger partial charge in [0.15, 0.2) is 5.79 Å². The lowest BCUT2D eigenvalue weighted by molar-refractivity contribution is -0.187. The van der Waals surface area contributed by atoms with E-state index in [0.29, 0.717) is 19.6 Å². The van der Waals surface area contributed by atoms with Crippen LogP contribution in [-0.4, -0.2) is 61.0 Å². The zero-order valence-electron chi connectivity index (χ0n) is 15.4. The van der Waals surface area contributed by atoms with E-state index < -0.39 is 5.79 Å². The molecule has 2 saturated heterocycles. The second kappa shape index (κ2) is 8.15. The first-order chi connectivity index (χ1) is 12.2. The van der Waals surface area contributed by atoms with Crippen LogP contribution in [0.4, 0.5) is 5.82 Å². The molecule has 0 unspecified atom stereocenters. The molecule has 6 nitrogen and oxygen atoms in total. The lowest BCUT2D eigenvalue weighted by Gasteiger charge is -2.37. The number of likely N-dealkylation sites (tertiary alicyclic amines) is 1. The number of amides is 1. The molecule has 138 valence electrons. The Morgan fingerprint density at radius 3 is 2.56 bits per heavy atom. The van der Waals surface area contributed by atoms with Crippen molar-refractivity contribution < 1.29 is 14.3 Å². The molecule has 0 bridgehead atoms. The molecule has 1 spiro atoms. The Morgan fingerprint density at radius 2 is 1.92 bits per heavy atom. The van der Waals surface area contributed by atoms with Crippen molar-refractivity contribution in [3.63, 3.8) is 0 Å². The van der Waals surface area contributed by atoms with Crippen molar-refractivity contribution in [3.05, 3.63) is 23.9 Å². The summed E-state index contributed by atoms with van der Waals surface area (Å²) in [6.45, 7) is 8.91. The third kappa shape index (κ3) is 4.30.